The average molecular weight is 475 g/mol. The molecule has 0 rings (SSSR count). The van der Waals surface area contributed by atoms with Crippen LogP contribution in [0.25, 0.3) is 0 Å². The Hall–Kier alpha value is -2.77. The molecule has 0 aromatic heterocycles. The molecule has 190 valence electrons. The molecule has 0 fully saturated rings. The first-order chi connectivity index (χ1) is 15.3. The topological polar surface area (TPSA) is 240 Å². The van der Waals surface area contributed by atoms with Crippen LogP contribution in [0.1, 0.15) is 52.9 Å². The molecule has 13 nitrogen and oxygen atoms in total. The molecule has 0 aromatic carbocycles. The number of hydrogen-bond donors (Lipinski definition) is 8. The Bertz CT molecular complexity index is 688. The van der Waals surface area contributed by atoms with Crippen molar-refractivity contribution >= 4 is 29.6 Å². The average Bonchev–Trinajstić information content (AvgIpc) is 2.74. The van der Waals surface area contributed by atoms with E-state index < -0.39 is 66.3 Å². The van der Waals surface area contributed by atoms with Gasteiger partial charge in [-0.15, -0.1) is 0 Å². The summed E-state index contributed by atoms with van der Waals surface area (Å²) in [6.45, 7) is 5.24. The molecule has 0 radical (unpaired) electrons. The fourth-order valence-corrected chi connectivity index (χ4v) is 2.86. The minimum absolute atomic E-state index is 0.102. The summed E-state index contributed by atoms with van der Waals surface area (Å²) >= 11 is 0. The van der Waals surface area contributed by atoms with E-state index in [1.165, 1.54) is 6.92 Å². The molecular weight excluding hydrogens is 436 g/mol. The van der Waals surface area contributed by atoms with Gasteiger partial charge in [-0.1, -0.05) is 20.3 Å². The molecule has 0 heterocycles. The lowest BCUT2D eigenvalue weighted by molar-refractivity contribution is -0.144. The number of nitrogens with one attached hydrogen (secondary N) is 3. The fraction of sp³-hybridized carbons (Fsp3) is 0.750. The van der Waals surface area contributed by atoms with Gasteiger partial charge in [-0.3, -0.25) is 19.2 Å². The van der Waals surface area contributed by atoms with Crippen molar-refractivity contribution in [1.29, 1.82) is 0 Å². The van der Waals surface area contributed by atoms with Gasteiger partial charge in [0.05, 0.1) is 18.6 Å². The van der Waals surface area contributed by atoms with Crippen LogP contribution < -0.4 is 33.2 Å². The highest BCUT2D eigenvalue weighted by Gasteiger charge is 2.33. The zero-order valence-electron chi connectivity index (χ0n) is 19.4. The number of carboxylic acids is 1. The van der Waals surface area contributed by atoms with Gasteiger partial charge < -0.3 is 43.4 Å². The van der Waals surface area contributed by atoms with Crippen molar-refractivity contribution in [1.82, 2.24) is 16.0 Å². The highest BCUT2D eigenvalue weighted by atomic mass is 16.4. The number of aliphatic hydroxyl groups is 1. The lowest BCUT2D eigenvalue weighted by Gasteiger charge is -2.27. The van der Waals surface area contributed by atoms with Crippen LogP contribution in [0.2, 0.25) is 0 Å². The number of carbonyl (C=O) groups excluding carboxylic acids is 4. The number of amides is 4. The van der Waals surface area contributed by atoms with Crippen LogP contribution in [0.3, 0.4) is 0 Å². The molecule has 4 amide bonds. The van der Waals surface area contributed by atoms with Gasteiger partial charge in [-0.05, 0) is 38.6 Å². The predicted octanol–water partition coefficient (Wildman–Crippen LogP) is -2.72. The van der Waals surface area contributed by atoms with E-state index in [1.54, 1.807) is 6.92 Å². The smallest absolute Gasteiger partial charge is 0.326 e. The van der Waals surface area contributed by atoms with Gasteiger partial charge in [0.1, 0.15) is 18.1 Å². The van der Waals surface area contributed by atoms with E-state index >= 15 is 0 Å². The minimum Gasteiger partial charge on any atom is -0.480 e. The summed E-state index contributed by atoms with van der Waals surface area (Å²) in [6, 6.07) is -5.10. The van der Waals surface area contributed by atoms with E-state index in [1.807, 2.05) is 6.92 Å². The third kappa shape index (κ3) is 11.1. The summed E-state index contributed by atoms with van der Waals surface area (Å²) in [4.78, 5) is 60.3. The normalized spacial score (nSPS) is 16.4. The Kier molecular flexibility index (Phi) is 13.9. The number of carboxylic acid groups (broad SMARTS) is 1. The number of primary amides is 1. The molecule has 0 aliphatic rings. The third-order valence-corrected chi connectivity index (χ3v) is 5.22. The minimum atomic E-state index is -1.58. The molecule has 11 N–H and O–H groups in total. The van der Waals surface area contributed by atoms with Gasteiger partial charge >= 0.3 is 5.97 Å². The Morgan fingerprint density at radius 3 is 1.94 bits per heavy atom. The van der Waals surface area contributed by atoms with Crippen molar-refractivity contribution in [3.05, 3.63) is 0 Å². The Morgan fingerprint density at radius 2 is 1.48 bits per heavy atom. The molecule has 13 heteroatoms. The fourth-order valence-electron chi connectivity index (χ4n) is 2.86. The second kappa shape index (κ2) is 15.1. The lowest BCUT2D eigenvalue weighted by Crippen LogP contribution is -2.60. The molecule has 0 bridgehead atoms. The zero-order valence-corrected chi connectivity index (χ0v) is 19.4. The molecule has 0 saturated carbocycles. The first-order valence-corrected chi connectivity index (χ1v) is 10.9. The van der Waals surface area contributed by atoms with Crippen molar-refractivity contribution in [3.8, 4) is 0 Å². The number of unbranched alkanes of at least 4 members (excludes halogenated alkanes) is 1. The molecule has 33 heavy (non-hydrogen) atoms. The van der Waals surface area contributed by atoms with Gasteiger partial charge in [-0.25, -0.2) is 4.79 Å². The third-order valence-electron chi connectivity index (χ3n) is 5.22. The van der Waals surface area contributed by atoms with Crippen molar-refractivity contribution in [2.24, 2.45) is 23.1 Å². The van der Waals surface area contributed by atoms with Crippen LogP contribution in [0.15, 0.2) is 0 Å². The number of aliphatic carboxylic acids is 1. The monoisotopic (exact) mass is 474 g/mol. The molecule has 6 unspecified atom stereocenters. The maximum absolute atomic E-state index is 12.8. The van der Waals surface area contributed by atoms with Gasteiger partial charge in [0, 0.05) is 0 Å². The highest BCUT2D eigenvalue weighted by molar-refractivity contribution is 5.95. The van der Waals surface area contributed by atoms with Gasteiger partial charge in [0.2, 0.25) is 23.6 Å². The van der Waals surface area contributed by atoms with Crippen LogP contribution in [0, 0.1) is 5.92 Å². The van der Waals surface area contributed by atoms with Crippen LogP contribution in [0.5, 0.6) is 0 Å². The van der Waals surface area contributed by atoms with E-state index in [9.17, 15) is 34.2 Å². The molecule has 0 saturated heterocycles. The number of hydrogen-bond acceptors (Lipinski definition) is 8. The molecular formula is C20H38N6O7. The second-order valence-electron chi connectivity index (χ2n) is 8.05. The molecule has 6 atom stereocenters. The maximum atomic E-state index is 12.8. The van der Waals surface area contributed by atoms with Crippen LogP contribution in [-0.2, 0) is 24.0 Å². The summed E-state index contributed by atoms with van der Waals surface area (Å²) in [5.74, 6) is -4.92. The lowest BCUT2D eigenvalue weighted by atomic mass is 9.98. The maximum Gasteiger partial charge on any atom is 0.326 e. The summed E-state index contributed by atoms with van der Waals surface area (Å²) < 4.78 is 0. The summed E-state index contributed by atoms with van der Waals surface area (Å²) in [5, 5.41) is 26.2. The number of rotatable bonds is 16. The standard InChI is InChI=1S/C20H38N6O7/c1-4-10(2)15(23)18(30)26-16(11(3)27)19(31)24-12(7-5-6-8-21)17(29)25-13(20(32)33)9-14(22)28/h10-13,15-16,27H,4-9,21,23H2,1-3H3,(H2,22,28)(H,24,31)(H,25,29)(H,26,30)(H,32,33). The first kappa shape index (κ1) is 30.2. The van der Waals surface area contributed by atoms with E-state index in [0.717, 1.165) is 0 Å². The Morgan fingerprint density at radius 1 is 0.909 bits per heavy atom. The van der Waals surface area contributed by atoms with E-state index in [-0.39, 0.29) is 12.3 Å². The highest BCUT2D eigenvalue weighted by Crippen LogP contribution is 2.08. The molecule has 0 aromatic rings. The van der Waals surface area contributed by atoms with Gasteiger partial charge in [0.15, 0.2) is 0 Å². The SMILES string of the molecule is CCC(C)C(N)C(=O)NC(C(=O)NC(CCCCN)C(=O)NC(CC(N)=O)C(=O)O)C(C)O. The van der Waals surface area contributed by atoms with Gasteiger partial charge in [-0.2, -0.15) is 0 Å². The first-order valence-electron chi connectivity index (χ1n) is 10.9. The van der Waals surface area contributed by atoms with Crippen LogP contribution in [0.4, 0.5) is 0 Å². The van der Waals surface area contributed by atoms with Crippen molar-refractivity contribution in [2.75, 3.05) is 6.54 Å². The van der Waals surface area contributed by atoms with E-state index in [0.29, 0.717) is 25.8 Å². The summed E-state index contributed by atoms with van der Waals surface area (Å²) in [7, 11) is 0. The van der Waals surface area contributed by atoms with Crippen molar-refractivity contribution < 1.29 is 34.2 Å². The van der Waals surface area contributed by atoms with Crippen molar-refractivity contribution in [3.63, 3.8) is 0 Å². The second-order valence-corrected chi connectivity index (χ2v) is 8.05. The largest absolute Gasteiger partial charge is 0.480 e. The number of carbonyl (C=O) groups is 5. The Balaban J connectivity index is 5.49. The summed E-state index contributed by atoms with van der Waals surface area (Å²) in [5.41, 5.74) is 16.4. The zero-order chi connectivity index (χ0) is 25.7. The molecule has 0 aliphatic heterocycles. The van der Waals surface area contributed by atoms with Crippen LogP contribution in [-0.4, -0.2) is 76.6 Å². The number of aliphatic hydroxyl groups excluding tert-OH is 1. The van der Waals surface area contributed by atoms with E-state index in [2.05, 4.69) is 16.0 Å². The quantitative estimate of drug-likeness (QED) is 0.108. The van der Waals surface area contributed by atoms with E-state index in [4.69, 9.17) is 17.2 Å². The predicted molar refractivity (Wildman–Crippen MR) is 119 cm³/mol. The molecule has 0 spiro atoms. The molecule has 0 aliphatic carbocycles. The number of nitrogens with two attached hydrogens (primary N) is 3. The van der Waals surface area contributed by atoms with Crippen molar-refractivity contribution in [2.45, 2.75) is 83.1 Å². The van der Waals surface area contributed by atoms with Crippen LogP contribution >= 0.6 is 0 Å². The Labute approximate surface area is 193 Å². The summed E-state index contributed by atoms with van der Waals surface area (Å²) in [6.07, 6.45) is -0.266. The van der Waals surface area contributed by atoms with Gasteiger partial charge in [0.25, 0.3) is 0 Å².